The van der Waals surface area contributed by atoms with Crippen molar-refractivity contribution in [3.8, 4) is 17.2 Å². The van der Waals surface area contributed by atoms with E-state index in [-0.39, 0.29) is 29.3 Å². The molecule has 0 saturated heterocycles. The van der Waals surface area contributed by atoms with Gasteiger partial charge in [0, 0.05) is 5.70 Å². The summed E-state index contributed by atoms with van der Waals surface area (Å²) in [5.41, 5.74) is 1.30. The molecule has 8 heteroatoms. The number of phenolic OH excluding ortho intramolecular Hbond substituents is 1. The Balaban J connectivity index is 2.66. The molecule has 0 bridgehead atoms. The number of allylic oxidation sites excluding steroid dienone is 1. The molecule has 1 aliphatic heterocycles. The summed E-state index contributed by atoms with van der Waals surface area (Å²) in [5.74, 6) is -0.477. The fourth-order valence-electron chi connectivity index (χ4n) is 2.88. The van der Waals surface area contributed by atoms with Crippen molar-refractivity contribution in [2.45, 2.75) is 39.8 Å². The van der Waals surface area contributed by atoms with Crippen LogP contribution in [0.5, 0.6) is 17.2 Å². The first-order valence-corrected chi connectivity index (χ1v) is 8.67. The van der Waals surface area contributed by atoms with Gasteiger partial charge in [-0.05, 0) is 37.5 Å². The Morgan fingerprint density at radius 1 is 1.11 bits per heavy atom. The monoisotopic (exact) mass is 378 g/mol. The molecule has 3 N–H and O–H groups in total. The lowest BCUT2D eigenvalue weighted by Gasteiger charge is -2.31. The quantitative estimate of drug-likeness (QED) is 0.657. The van der Waals surface area contributed by atoms with Crippen LogP contribution in [0.1, 0.15) is 39.3 Å². The number of methoxy groups -OCH3 is 2. The average molecular weight is 378 g/mol. The van der Waals surface area contributed by atoms with E-state index in [0.29, 0.717) is 16.8 Å². The minimum Gasteiger partial charge on any atom is -0.502 e. The Hall–Kier alpha value is -2.90. The van der Waals surface area contributed by atoms with Crippen LogP contribution in [0.4, 0.5) is 4.79 Å². The van der Waals surface area contributed by atoms with Gasteiger partial charge in [-0.25, -0.2) is 9.59 Å². The highest BCUT2D eigenvalue weighted by atomic mass is 16.5. The Morgan fingerprint density at radius 2 is 1.67 bits per heavy atom. The predicted octanol–water partition coefficient (Wildman–Crippen LogP) is 2.63. The zero-order valence-electron chi connectivity index (χ0n) is 16.4. The van der Waals surface area contributed by atoms with Crippen molar-refractivity contribution in [3.05, 3.63) is 29.0 Å². The van der Waals surface area contributed by atoms with Gasteiger partial charge < -0.3 is 30.0 Å². The summed E-state index contributed by atoms with van der Waals surface area (Å²) in [7, 11) is 2.81. The molecule has 0 aromatic heterocycles. The summed E-state index contributed by atoms with van der Waals surface area (Å²) < 4.78 is 15.8. The number of nitrogens with one attached hydrogen (secondary N) is 2. The Labute approximate surface area is 158 Å². The molecule has 1 atom stereocenters. The number of amides is 2. The molecule has 1 aromatic rings. The van der Waals surface area contributed by atoms with E-state index in [0.717, 1.165) is 0 Å². The van der Waals surface area contributed by atoms with Gasteiger partial charge in [0.25, 0.3) is 0 Å². The molecule has 0 fully saturated rings. The number of urea groups is 1. The second-order valence-corrected chi connectivity index (χ2v) is 6.74. The third-order valence-corrected chi connectivity index (χ3v) is 4.08. The number of ether oxygens (including phenoxy) is 3. The van der Waals surface area contributed by atoms with Crippen LogP contribution in [0.3, 0.4) is 0 Å². The minimum atomic E-state index is -0.786. The number of carbonyl (C=O) groups excluding carboxylic acids is 2. The minimum absolute atomic E-state index is 0.117. The number of esters is 1. The van der Waals surface area contributed by atoms with Crippen LogP contribution in [-0.2, 0) is 9.53 Å². The molecule has 1 heterocycles. The molecular formula is C19H26N2O6. The molecule has 0 aliphatic carbocycles. The van der Waals surface area contributed by atoms with Gasteiger partial charge in [0.2, 0.25) is 5.75 Å². The van der Waals surface area contributed by atoms with Crippen molar-refractivity contribution >= 4 is 12.0 Å². The summed E-state index contributed by atoms with van der Waals surface area (Å²) in [6, 6.07) is 1.88. The molecule has 2 rings (SSSR count). The lowest BCUT2D eigenvalue weighted by molar-refractivity contribution is -0.143. The molecule has 27 heavy (non-hydrogen) atoms. The van der Waals surface area contributed by atoms with E-state index < -0.39 is 18.0 Å². The maximum Gasteiger partial charge on any atom is 0.338 e. The van der Waals surface area contributed by atoms with Gasteiger partial charge >= 0.3 is 12.0 Å². The number of carbonyl (C=O) groups is 2. The largest absolute Gasteiger partial charge is 0.502 e. The number of benzene rings is 1. The van der Waals surface area contributed by atoms with Crippen molar-refractivity contribution in [2.24, 2.45) is 5.92 Å². The fraction of sp³-hybridized carbons (Fsp3) is 0.474. The van der Waals surface area contributed by atoms with E-state index in [9.17, 15) is 14.7 Å². The van der Waals surface area contributed by atoms with Crippen molar-refractivity contribution in [2.75, 3.05) is 14.2 Å². The zero-order valence-corrected chi connectivity index (χ0v) is 16.4. The Morgan fingerprint density at radius 3 is 2.11 bits per heavy atom. The van der Waals surface area contributed by atoms with E-state index >= 15 is 0 Å². The summed E-state index contributed by atoms with van der Waals surface area (Å²) in [6.07, 6.45) is -0.319. The number of rotatable bonds is 6. The molecule has 1 aromatic carbocycles. The second kappa shape index (κ2) is 8.20. The van der Waals surface area contributed by atoms with Gasteiger partial charge in [-0.2, -0.15) is 0 Å². The van der Waals surface area contributed by atoms with E-state index in [4.69, 9.17) is 14.2 Å². The van der Waals surface area contributed by atoms with Crippen LogP contribution in [0, 0.1) is 5.92 Å². The number of hydrogen-bond acceptors (Lipinski definition) is 6. The summed E-state index contributed by atoms with van der Waals surface area (Å²) in [6.45, 7) is 7.26. The molecule has 1 unspecified atom stereocenters. The van der Waals surface area contributed by atoms with Gasteiger partial charge in [-0.3, -0.25) is 0 Å². The van der Waals surface area contributed by atoms with Crippen molar-refractivity contribution in [1.29, 1.82) is 0 Å². The van der Waals surface area contributed by atoms with Crippen molar-refractivity contribution < 1.29 is 28.9 Å². The first-order chi connectivity index (χ1) is 12.7. The first kappa shape index (κ1) is 20.4. The summed E-state index contributed by atoms with van der Waals surface area (Å²) in [4.78, 5) is 25.0. The molecule has 1 aliphatic rings. The zero-order chi connectivity index (χ0) is 20.3. The standard InChI is InChI=1S/C19H26N2O6/c1-9(2)15-14(18(23)27-10(3)4)16(21-19(24)20-15)11-7-12(25-5)17(22)13(8-11)26-6/h7-10,16,22H,1-6H3,(H2,20,21,24). The highest BCUT2D eigenvalue weighted by Crippen LogP contribution is 2.41. The second-order valence-electron chi connectivity index (χ2n) is 6.74. The maximum absolute atomic E-state index is 12.8. The molecule has 0 spiro atoms. The average Bonchev–Trinajstić information content (AvgIpc) is 2.60. The summed E-state index contributed by atoms with van der Waals surface area (Å²) >= 11 is 0. The van der Waals surface area contributed by atoms with Crippen LogP contribution in [0.15, 0.2) is 23.4 Å². The lowest BCUT2D eigenvalue weighted by atomic mass is 9.91. The van der Waals surface area contributed by atoms with E-state index in [1.54, 1.807) is 26.0 Å². The van der Waals surface area contributed by atoms with Crippen LogP contribution in [-0.4, -0.2) is 37.4 Å². The maximum atomic E-state index is 12.8. The smallest absolute Gasteiger partial charge is 0.338 e. The van der Waals surface area contributed by atoms with Crippen LogP contribution in [0.25, 0.3) is 0 Å². The molecular weight excluding hydrogens is 352 g/mol. The normalized spacial score (nSPS) is 16.9. The third kappa shape index (κ3) is 4.27. The van der Waals surface area contributed by atoms with Crippen LogP contribution in [0.2, 0.25) is 0 Å². The SMILES string of the molecule is COc1cc(C2NC(=O)NC(C(C)C)=C2C(=O)OC(C)C)cc(OC)c1O. The van der Waals surface area contributed by atoms with Gasteiger partial charge in [0.15, 0.2) is 11.5 Å². The number of phenols is 1. The number of hydrogen-bond donors (Lipinski definition) is 3. The first-order valence-electron chi connectivity index (χ1n) is 8.67. The lowest BCUT2D eigenvalue weighted by Crippen LogP contribution is -2.47. The van der Waals surface area contributed by atoms with Crippen LogP contribution < -0.4 is 20.1 Å². The molecule has 8 nitrogen and oxygen atoms in total. The van der Waals surface area contributed by atoms with Gasteiger partial charge in [0.1, 0.15) is 0 Å². The Bertz CT molecular complexity index is 744. The highest BCUT2D eigenvalue weighted by molar-refractivity contribution is 5.95. The van der Waals surface area contributed by atoms with Gasteiger partial charge in [0.05, 0.1) is 31.9 Å². The molecule has 0 saturated carbocycles. The third-order valence-electron chi connectivity index (χ3n) is 4.08. The van der Waals surface area contributed by atoms with Crippen molar-refractivity contribution in [3.63, 3.8) is 0 Å². The summed E-state index contributed by atoms with van der Waals surface area (Å²) in [5, 5.41) is 15.6. The number of aromatic hydroxyl groups is 1. The fourth-order valence-corrected chi connectivity index (χ4v) is 2.88. The molecule has 2 amide bonds. The molecule has 0 radical (unpaired) electrons. The topological polar surface area (TPSA) is 106 Å². The Kier molecular flexibility index (Phi) is 6.20. The van der Waals surface area contributed by atoms with E-state index in [2.05, 4.69) is 10.6 Å². The van der Waals surface area contributed by atoms with Gasteiger partial charge in [-0.1, -0.05) is 13.8 Å². The van der Waals surface area contributed by atoms with E-state index in [1.807, 2.05) is 13.8 Å². The molecule has 148 valence electrons. The highest BCUT2D eigenvalue weighted by Gasteiger charge is 2.36. The predicted molar refractivity (Wildman–Crippen MR) is 98.7 cm³/mol. The van der Waals surface area contributed by atoms with Crippen molar-refractivity contribution in [1.82, 2.24) is 10.6 Å². The van der Waals surface area contributed by atoms with E-state index in [1.165, 1.54) is 14.2 Å². The van der Waals surface area contributed by atoms with Crippen LogP contribution >= 0.6 is 0 Å². The van der Waals surface area contributed by atoms with Gasteiger partial charge in [-0.15, -0.1) is 0 Å².